The van der Waals surface area contributed by atoms with Crippen molar-refractivity contribution < 1.29 is 14.3 Å². The van der Waals surface area contributed by atoms with Crippen LogP contribution in [0, 0.1) is 11.8 Å². The Hall–Kier alpha value is -2.04. The van der Waals surface area contributed by atoms with Gasteiger partial charge in [-0.2, -0.15) is 0 Å². The largest absolute Gasteiger partial charge is 0.443 e. The van der Waals surface area contributed by atoms with Crippen molar-refractivity contribution in [2.75, 3.05) is 18.0 Å². The van der Waals surface area contributed by atoms with Gasteiger partial charge in [0.2, 0.25) is 5.91 Å². The van der Waals surface area contributed by atoms with Crippen LogP contribution in [0.5, 0.6) is 0 Å². The number of carbonyl (C=O) groups is 2. The molecule has 0 radical (unpaired) electrons. The minimum absolute atomic E-state index is 0.0328. The average molecular weight is 358 g/mol. The molecule has 1 fully saturated rings. The van der Waals surface area contributed by atoms with Gasteiger partial charge in [0.25, 0.3) is 0 Å². The Bertz CT molecular complexity index is 685. The Morgan fingerprint density at radius 3 is 2.31 bits per heavy atom. The van der Waals surface area contributed by atoms with Crippen molar-refractivity contribution in [3.05, 3.63) is 29.8 Å². The second-order valence-corrected chi connectivity index (χ2v) is 8.89. The van der Waals surface area contributed by atoms with Crippen LogP contribution in [0.1, 0.15) is 46.6 Å². The van der Waals surface area contributed by atoms with Crippen LogP contribution in [0.4, 0.5) is 10.5 Å². The van der Waals surface area contributed by atoms with Crippen molar-refractivity contribution >= 4 is 17.7 Å². The molecule has 0 spiro atoms. The molecule has 2 heterocycles. The Kier molecular flexibility index (Phi) is 5.00. The van der Waals surface area contributed by atoms with Crippen molar-refractivity contribution in [2.45, 2.75) is 59.1 Å². The highest BCUT2D eigenvalue weighted by atomic mass is 16.6. The van der Waals surface area contributed by atoms with E-state index in [0.717, 1.165) is 30.8 Å². The summed E-state index contributed by atoms with van der Waals surface area (Å²) in [5.41, 5.74) is 1.21. The highest BCUT2D eigenvalue weighted by Gasteiger charge is 2.43. The third-order valence-electron chi connectivity index (χ3n) is 5.03. The number of likely N-dealkylation sites (tertiary alicyclic amines) is 1. The van der Waals surface area contributed by atoms with Crippen molar-refractivity contribution in [1.82, 2.24) is 4.90 Å². The summed E-state index contributed by atoms with van der Waals surface area (Å²) in [7, 11) is 0. The molecule has 1 aromatic carbocycles. The van der Waals surface area contributed by atoms with Gasteiger partial charge in [0.05, 0.1) is 5.69 Å². The summed E-state index contributed by atoms with van der Waals surface area (Å²) in [6.07, 6.45) is 1.25. The predicted octanol–water partition coefficient (Wildman–Crippen LogP) is 3.86. The molecule has 2 aliphatic heterocycles. The number of para-hydroxylation sites is 1. The molecule has 1 saturated heterocycles. The van der Waals surface area contributed by atoms with Gasteiger partial charge in [-0.25, -0.2) is 4.79 Å². The summed E-state index contributed by atoms with van der Waals surface area (Å²) in [6.45, 7) is 11.4. The third-order valence-corrected chi connectivity index (χ3v) is 5.03. The first-order valence-corrected chi connectivity index (χ1v) is 9.54. The van der Waals surface area contributed by atoms with E-state index in [2.05, 4.69) is 13.8 Å². The second-order valence-electron chi connectivity index (χ2n) is 8.89. The molecule has 142 valence electrons. The Balaban J connectivity index is 1.87. The van der Waals surface area contributed by atoms with Gasteiger partial charge in [0.15, 0.2) is 0 Å². The van der Waals surface area contributed by atoms with Gasteiger partial charge in [-0.1, -0.05) is 32.0 Å². The van der Waals surface area contributed by atoms with E-state index in [0.29, 0.717) is 18.3 Å². The number of ether oxygens (including phenoxy) is 1. The van der Waals surface area contributed by atoms with Gasteiger partial charge in [-0.15, -0.1) is 0 Å². The van der Waals surface area contributed by atoms with Crippen LogP contribution in [0.2, 0.25) is 0 Å². The SMILES string of the molecule is C[C@@H]1C[C@H](C)CN(C(=O)[C@H]2Cc3ccccc3N2C(=O)OC(C)(C)C)C1. The van der Waals surface area contributed by atoms with Crippen molar-refractivity contribution in [3.63, 3.8) is 0 Å². The zero-order valence-corrected chi connectivity index (χ0v) is 16.5. The van der Waals surface area contributed by atoms with E-state index in [-0.39, 0.29) is 5.91 Å². The molecule has 0 bridgehead atoms. The van der Waals surface area contributed by atoms with Crippen molar-refractivity contribution in [3.8, 4) is 0 Å². The fourth-order valence-electron chi connectivity index (χ4n) is 4.17. The number of carbonyl (C=O) groups excluding carboxylic acids is 2. The van der Waals surface area contributed by atoms with E-state index >= 15 is 0 Å². The van der Waals surface area contributed by atoms with Crippen LogP contribution in [0.15, 0.2) is 24.3 Å². The van der Waals surface area contributed by atoms with Crippen molar-refractivity contribution in [2.24, 2.45) is 11.8 Å². The zero-order chi connectivity index (χ0) is 19.1. The van der Waals surface area contributed by atoms with E-state index in [1.165, 1.54) is 0 Å². The van der Waals surface area contributed by atoms with Crippen LogP contribution >= 0.6 is 0 Å². The fourth-order valence-corrected chi connectivity index (χ4v) is 4.17. The van der Waals surface area contributed by atoms with E-state index in [1.807, 2.05) is 49.9 Å². The summed E-state index contributed by atoms with van der Waals surface area (Å²) in [5, 5.41) is 0. The molecule has 3 atom stereocenters. The second kappa shape index (κ2) is 6.93. The summed E-state index contributed by atoms with van der Waals surface area (Å²) in [5.74, 6) is 1.01. The number of hydrogen-bond acceptors (Lipinski definition) is 3. The molecule has 0 aliphatic carbocycles. The normalized spacial score (nSPS) is 25.8. The first kappa shape index (κ1) is 18.7. The molecule has 0 saturated carbocycles. The Morgan fingerprint density at radius 1 is 1.08 bits per heavy atom. The molecule has 0 unspecified atom stereocenters. The van der Waals surface area contributed by atoms with Gasteiger partial charge in [0, 0.05) is 19.5 Å². The maximum atomic E-state index is 13.3. The van der Waals surface area contributed by atoms with Crippen LogP contribution in [0.3, 0.4) is 0 Å². The minimum atomic E-state index is -0.601. The third kappa shape index (κ3) is 3.87. The molecule has 2 aliphatic rings. The smallest absolute Gasteiger partial charge is 0.415 e. The van der Waals surface area contributed by atoms with Gasteiger partial charge < -0.3 is 9.64 Å². The lowest BCUT2D eigenvalue weighted by Crippen LogP contribution is -2.53. The number of piperidine rings is 1. The van der Waals surface area contributed by atoms with Gasteiger partial charge in [-0.3, -0.25) is 9.69 Å². The van der Waals surface area contributed by atoms with E-state index in [1.54, 1.807) is 4.90 Å². The number of nitrogens with zero attached hydrogens (tertiary/aromatic N) is 2. The molecule has 26 heavy (non-hydrogen) atoms. The van der Waals surface area contributed by atoms with E-state index < -0.39 is 17.7 Å². The number of rotatable bonds is 1. The highest BCUT2D eigenvalue weighted by Crippen LogP contribution is 2.35. The lowest BCUT2D eigenvalue weighted by molar-refractivity contribution is -0.135. The fraction of sp³-hybridized carbons (Fsp3) is 0.619. The quantitative estimate of drug-likeness (QED) is 0.766. The average Bonchev–Trinajstić information content (AvgIpc) is 2.91. The molecule has 5 nitrogen and oxygen atoms in total. The predicted molar refractivity (Wildman–Crippen MR) is 102 cm³/mol. The topological polar surface area (TPSA) is 49.9 Å². The molecule has 3 rings (SSSR count). The van der Waals surface area contributed by atoms with Gasteiger partial charge >= 0.3 is 6.09 Å². The zero-order valence-electron chi connectivity index (χ0n) is 16.5. The maximum Gasteiger partial charge on any atom is 0.415 e. The summed E-state index contributed by atoms with van der Waals surface area (Å²) >= 11 is 0. The van der Waals surface area contributed by atoms with Gasteiger partial charge in [0.1, 0.15) is 11.6 Å². The lowest BCUT2D eigenvalue weighted by Gasteiger charge is -2.38. The first-order chi connectivity index (χ1) is 12.2. The van der Waals surface area contributed by atoms with Gasteiger partial charge in [-0.05, 0) is 50.7 Å². The summed E-state index contributed by atoms with van der Waals surface area (Å²) < 4.78 is 5.60. The summed E-state index contributed by atoms with van der Waals surface area (Å²) in [4.78, 5) is 29.7. The number of hydrogen-bond donors (Lipinski definition) is 0. The highest BCUT2D eigenvalue weighted by molar-refractivity contribution is 6.00. The number of fused-ring (bicyclic) bond motifs is 1. The molecule has 0 aromatic heterocycles. The van der Waals surface area contributed by atoms with Crippen LogP contribution < -0.4 is 4.90 Å². The van der Waals surface area contributed by atoms with Crippen molar-refractivity contribution in [1.29, 1.82) is 0 Å². The maximum absolute atomic E-state index is 13.3. The molecule has 0 N–H and O–H groups in total. The Morgan fingerprint density at radius 2 is 1.69 bits per heavy atom. The molecule has 2 amide bonds. The number of anilines is 1. The lowest BCUT2D eigenvalue weighted by atomic mass is 9.91. The Labute approximate surface area is 156 Å². The van der Waals surface area contributed by atoms with E-state index in [9.17, 15) is 9.59 Å². The standard InChI is InChI=1S/C21H30N2O3/c1-14-10-15(2)13-22(12-14)19(24)18-11-16-8-6-7-9-17(16)23(18)20(25)26-21(3,4)5/h6-9,14-15,18H,10-13H2,1-5H3/t14-,15+,18-/m1/s1. The number of amides is 2. The minimum Gasteiger partial charge on any atom is -0.443 e. The molecular weight excluding hydrogens is 328 g/mol. The first-order valence-electron chi connectivity index (χ1n) is 9.54. The van der Waals surface area contributed by atoms with E-state index in [4.69, 9.17) is 4.74 Å². The van der Waals surface area contributed by atoms with Crippen LogP contribution in [-0.2, 0) is 16.0 Å². The molecular formula is C21H30N2O3. The van der Waals surface area contributed by atoms with Crippen LogP contribution in [0.25, 0.3) is 0 Å². The number of benzene rings is 1. The van der Waals surface area contributed by atoms with Crippen LogP contribution in [-0.4, -0.2) is 41.6 Å². The molecule has 5 heteroatoms. The summed E-state index contributed by atoms with van der Waals surface area (Å²) in [6, 6.07) is 7.22. The monoisotopic (exact) mass is 358 g/mol. The molecule has 1 aromatic rings.